The smallest absolute Gasteiger partial charge is 0.175 e. The lowest BCUT2D eigenvalue weighted by molar-refractivity contribution is -0.0156. The molecule has 1 aromatic heterocycles. The summed E-state index contributed by atoms with van der Waals surface area (Å²) in [6.45, 7) is 2.93. The molecule has 1 saturated heterocycles. The van der Waals surface area contributed by atoms with Crippen molar-refractivity contribution in [3.63, 3.8) is 0 Å². The molecule has 2 heterocycles. The molecule has 2 aromatic carbocycles. The van der Waals surface area contributed by atoms with Crippen molar-refractivity contribution in [2.45, 2.75) is 17.5 Å². The number of benzene rings is 2. The summed E-state index contributed by atoms with van der Waals surface area (Å²) in [6.07, 6.45) is 3.01. The highest BCUT2D eigenvalue weighted by molar-refractivity contribution is 7.90. The number of anilines is 1. The van der Waals surface area contributed by atoms with E-state index in [9.17, 15) is 8.42 Å². The van der Waals surface area contributed by atoms with E-state index < -0.39 is 9.84 Å². The first kappa shape index (κ1) is 21.5. The van der Waals surface area contributed by atoms with Crippen LogP contribution < -0.4 is 4.90 Å². The first-order chi connectivity index (χ1) is 14.8. The highest BCUT2D eigenvalue weighted by atomic mass is 32.2. The van der Waals surface area contributed by atoms with E-state index >= 15 is 0 Å². The molecular weight excluding hydrogens is 412 g/mol. The van der Waals surface area contributed by atoms with E-state index in [4.69, 9.17) is 4.74 Å². The molecule has 0 bridgehead atoms. The van der Waals surface area contributed by atoms with Crippen LogP contribution in [0.1, 0.15) is 17.4 Å². The summed E-state index contributed by atoms with van der Waals surface area (Å²) in [5, 5.41) is 0. The fourth-order valence-corrected chi connectivity index (χ4v) is 4.38. The molecule has 1 fully saturated rings. The zero-order valence-corrected chi connectivity index (χ0v) is 18.9. The average Bonchev–Trinajstić information content (AvgIpc) is 3.24. The van der Waals surface area contributed by atoms with Gasteiger partial charge in [0.05, 0.1) is 36.0 Å². The summed E-state index contributed by atoms with van der Waals surface area (Å²) in [5.41, 5.74) is 4.19. The number of aromatic nitrogens is 2. The summed E-state index contributed by atoms with van der Waals surface area (Å²) in [6, 6.07) is 15.5. The second-order valence-corrected chi connectivity index (χ2v) is 10.1. The predicted octanol–water partition coefficient (Wildman–Crippen LogP) is 3.12. The molecule has 3 aromatic rings. The number of sulfone groups is 1. The fraction of sp³-hybridized carbons (Fsp3) is 0.348. The molecule has 0 radical (unpaired) electrons. The van der Waals surface area contributed by atoms with Crippen LogP contribution in [0.5, 0.6) is 0 Å². The lowest BCUT2D eigenvalue weighted by atomic mass is 10.1. The van der Waals surface area contributed by atoms with Crippen LogP contribution >= 0.6 is 0 Å². The van der Waals surface area contributed by atoms with Gasteiger partial charge in [0, 0.05) is 39.1 Å². The number of aromatic amines is 1. The second kappa shape index (κ2) is 8.82. The molecule has 1 aliphatic heterocycles. The van der Waals surface area contributed by atoms with Crippen molar-refractivity contribution in [1.29, 1.82) is 0 Å². The van der Waals surface area contributed by atoms with Gasteiger partial charge in [-0.25, -0.2) is 13.4 Å². The van der Waals surface area contributed by atoms with Crippen molar-refractivity contribution in [3.8, 4) is 11.3 Å². The number of imidazole rings is 1. The van der Waals surface area contributed by atoms with E-state index in [1.54, 1.807) is 30.5 Å². The largest absolute Gasteiger partial charge is 0.378 e. The van der Waals surface area contributed by atoms with Gasteiger partial charge in [0.2, 0.25) is 0 Å². The van der Waals surface area contributed by atoms with E-state index in [1.807, 2.05) is 14.1 Å². The number of H-pyrrole nitrogens is 1. The number of hydrogen-bond acceptors (Lipinski definition) is 6. The molecule has 1 aliphatic rings. The Morgan fingerprint density at radius 2 is 1.84 bits per heavy atom. The molecule has 8 heteroatoms. The van der Waals surface area contributed by atoms with Crippen LogP contribution in [-0.2, 0) is 21.1 Å². The van der Waals surface area contributed by atoms with Gasteiger partial charge in [-0.2, -0.15) is 0 Å². The SMILES string of the molecule is CN(C)c1ccc(CN2CCOC[C@H]2c2ncc(-c3ccc(S(C)(=O)=O)cc3)[nH]2)cc1. The quantitative estimate of drug-likeness (QED) is 0.635. The van der Waals surface area contributed by atoms with Gasteiger partial charge in [0.25, 0.3) is 0 Å². The van der Waals surface area contributed by atoms with Crippen molar-refractivity contribution in [2.75, 3.05) is 45.0 Å². The van der Waals surface area contributed by atoms with Crippen molar-refractivity contribution in [2.24, 2.45) is 0 Å². The maximum Gasteiger partial charge on any atom is 0.175 e. The molecule has 0 saturated carbocycles. The van der Waals surface area contributed by atoms with Crippen LogP contribution in [0.3, 0.4) is 0 Å². The molecule has 0 spiro atoms. The Hall–Kier alpha value is -2.68. The summed E-state index contributed by atoms with van der Waals surface area (Å²) in [7, 11) is 0.866. The fourth-order valence-electron chi connectivity index (χ4n) is 3.75. The van der Waals surface area contributed by atoms with Crippen LogP contribution in [0.15, 0.2) is 59.6 Å². The summed E-state index contributed by atoms with van der Waals surface area (Å²) < 4.78 is 29.1. The molecule has 0 aliphatic carbocycles. The van der Waals surface area contributed by atoms with E-state index in [-0.39, 0.29) is 6.04 Å². The van der Waals surface area contributed by atoms with Crippen LogP contribution in [-0.4, -0.2) is 63.4 Å². The molecule has 0 unspecified atom stereocenters. The van der Waals surface area contributed by atoms with Crippen LogP contribution in [0.2, 0.25) is 0 Å². The Labute approximate surface area is 183 Å². The van der Waals surface area contributed by atoms with Gasteiger partial charge in [0.15, 0.2) is 9.84 Å². The first-order valence-electron chi connectivity index (χ1n) is 10.2. The Bertz CT molecular complexity index is 1120. The van der Waals surface area contributed by atoms with Crippen LogP contribution in [0, 0.1) is 0 Å². The highest BCUT2D eigenvalue weighted by Crippen LogP contribution is 2.27. The topological polar surface area (TPSA) is 78.5 Å². The Kier molecular flexibility index (Phi) is 6.13. The number of hydrogen-bond donors (Lipinski definition) is 1. The van der Waals surface area contributed by atoms with Crippen molar-refractivity contribution in [3.05, 3.63) is 66.1 Å². The van der Waals surface area contributed by atoms with Gasteiger partial charge in [-0.3, -0.25) is 4.90 Å². The van der Waals surface area contributed by atoms with Gasteiger partial charge in [0.1, 0.15) is 5.82 Å². The van der Waals surface area contributed by atoms with E-state index in [2.05, 4.69) is 44.0 Å². The molecule has 31 heavy (non-hydrogen) atoms. The van der Waals surface area contributed by atoms with Gasteiger partial charge < -0.3 is 14.6 Å². The minimum absolute atomic E-state index is 0.0336. The zero-order valence-electron chi connectivity index (χ0n) is 18.1. The Morgan fingerprint density at radius 1 is 1.13 bits per heavy atom. The van der Waals surface area contributed by atoms with Crippen molar-refractivity contribution in [1.82, 2.24) is 14.9 Å². The molecular formula is C23H28N4O3S. The summed E-state index contributed by atoms with van der Waals surface area (Å²) in [5.74, 6) is 0.854. The van der Waals surface area contributed by atoms with Gasteiger partial charge in [-0.05, 0) is 35.4 Å². The second-order valence-electron chi connectivity index (χ2n) is 8.10. The number of morpholine rings is 1. The predicted molar refractivity (Wildman–Crippen MR) is 122 cm³/mol. The lowest BCUT2D eigenvalue weighted by Crippen LogP contribution is -2.39. The molecule has 0 amide bonds. The Morgan fingerprint density at radius 3 is 2.48 bits per heavy atom. The lowest BCUT2D eigenvalue weighted by Gasteiger charge is -2.34. The van der Waals surface area contributed by atoms with E-state index in [0.717, 1.165) is 30.2 Å². The van der Waals surface area contributed by atoms with E-state index in [0.29, 0.717) is 18.1 Å². The van der Waals surface area contributed by atoms with Crippen LogP contribution in [0.25, 0.3) is 11.3 Å². The van der Waals surface area contributed by atoms with Gasteiger partial charge in [-0.1, -0.05) is 24.3 Å². The third kappa shape index (κ3) is 4.98. The Balaban J connectivity index is 1.52. The molecule has 1 N–H and O–H groups in total. The minimum Gasteiger partial charge on any atom is -0.378 e. The molecule has 4 rings (SSSR count). The number of nitrogens with one attached hydrogen (secondary N) is 1. The maximum atomic E-state index is 11.7. The molecule has 1 atom stereocenters. The van der Waals surface area contributed by atoms with E-state index in [1.165, 1.54) is 17.5 Å². The standard InChI is InChI=1S/C23H28N4O3S/c1-26(2)19-8-4-17(5-9-19)15-27-12-13-30-16-22(27)23-24-14-21(25-23)18-6-10-20(11-7-18)31(3,28)29/h4-11,14,22H,12-13,15-16H2,1-3H3,(H,24,25)/t22-/m0/s1. The van der Waals surface area contributed by atoms with Gasteiger partial charge >= 0.3 is 0 Å². The van der Waals surface area contributed by atoms with Crippen molar-refractivity contribution < 1.29 is 13.2 Å². The first-order valence-corrected chi connectivity index (χ1v) is 12.1. The number of ether oxygens (including phenoxy) is 1. The van der Waals surface area contributed by atoms with Crippen LogP contribution in [0.4, 0.5) is 5.69 Å². The number of rotatable bonds is 6. The zero-order chi connectivity index (χ0) is 22.0. The highest BCUT2D eigenvalue weighted by Gasteiger charge is 2.27. The molecule has 164 valence electrons. The van der Waals surface area contributed by atoms with Gasteiger partial charge in [-0.15, -0.1) is 0 Å². The average molecular weight is 441 g/mol. The minimum atomic E-state index is -3.21. The molecule has 7 nitrogen and oxygen atoms in total. The summed E-state index contributed by atoms with van der Waals surface area (Å²) >= 11 is 0. The normalized spacial score (nSPS) is 17.6. The third-order valence-electron chi connectivity index (χ3n) is 5.58. The monoisotopic (exact) mass is 440 g/mol. The maximum absolute atomic E-state index is 11.7. The van der Waals surface area contributed by atoms with Crippen molar-refractivity contribution >= 4 is 15.5 Å². The number of nitrogens with zero attached hydrogens (tertiary/aromatic N) is 3. The third-order valence-corrected chi connectivity index (χ3v) is 6.71. The summed E-state index contributed by atoms with van der Waals surface area (Å²) in [4.78, 5) is 12.8.